The van der Waals surface area contributed by atoms with Crippen molar-refractivity contribution in [2.45, 2.75) is 32.9 Å². The van der Waals surface area contributed by atoms with Crippen LogP contribution < -0.4 is 5.32 Å². The van der Waals surface area contributed by atoms with Gasteiger partial charge < -0.3 is 20.3 Å². The molecule has 1 aromatic carbocycles. The summed E-state index contributed by atoms with van der Waals surface area (Å²) in [5.74, 6) is -1.41. The highest BCUT2D eigenvalue weighted by Gasteiger charge is 2.16. The third kappa shape index (κ3) is 5.18. The lowest BCUT2D eigenvalue weighted by molar-refractivity contribution is -0.130. The highest BCUT2D eigenvalue weighted by atomic mass is 16.6. The first-order chi connectivity index (χ1) is 9.60. The number of hydrogen-bond acceptors (Lipinski definition) is 4. The van der Waals surface area contributed by atoms with E-state index in [-0.39, 0.29) is 23.4 Å². The minimum atomic E-state index is -1.20. The molecule has 0 aromatic heterocycles. The Kier molecular flexibility index (Phi) is 4.97. The van der Waals surface area contributed by atoms with Gasteiger partial charge in [-0.25, -0.2) is 9.59 Å². The highest BCUT2D eigenvalue weighted by molar-refractivity contribution is 6.15. The molecule has 0 aliphatic carbocycles. The molecule has 6 nitrogen and oxygen atoms in total. The average Bonchev–Trinajstić information content (AvgIpc) is 2.33. The summed E-state index contributed by atoms with van der Waals surface area (Å²) in [7, 11) is 0. The van der Waals surface area contributed by atoms with E-state index in [1.54, 1.807) is 26.8 Å². The number of ether oxygens (including phenoxy) is 1. The lowest BCUT2D eigenvalue weighted by Crippen LogP contribution is -2.32. The molecule has 3 N–H and O–H groups in total. The zero-order valence-corrected chi connectivity index (χ0v) is 12.3. The van der Waals surface area contributed by atoms with Crippen LogP contribution in [0, 0.1) is 0 Å². The second-order valence-corrected chi connectivity index (χ2v) is 5.49. The molecule has 0 bridgehead atoms. The number of carboxylic acids is 1. The maximum Gasteiger partial charge on any atom is 0.407 e. The van der Waals surface area contributed by atoms with Crippen molar-refractivity contribution in [1.82, 2.24) is 5.32 Å². The van der Waals surface area contributed by atoms with Crippen LogP contribution in [0.5, 0.6) is 5.75 Å². The predicted molar refractivity (Wildman–Crippen MR) is 77.9 cm³/mol. The van der Waals surface area contributed by atoms with Gasteiger partial charge in [0.05, 0.1) is 5.57 Å². The number of rotatable bonds is 4. The number of alkyl carbamates (subject to hydrolysis) is 1. The Labute approximate surface area is 123 Å². The molecule has 0 saturated carbocycles. The largest absolute Gasteiger partial charge is 0.507 e. The lowest BCUT2D eigenvalue weighted by atomic mass is 10.0. The van der Waals surface area contributed by atoms with Crippen LogP contribution in [-0.2, 0) is 16.1 Å². The Balaban J connectivity index is 2.71. The Bertz CT molecular complexity index is 572. The van der Waals surface area contributed by atoms with E-state index in [0.29, 0.717) is 5.56 Å². The van der Waals surface area contributed by atoms with Gasteiger partial charge in [-0.15, -0.1) is 0 Å². The summed E-state index contributed by atoms with van der Waals surface area (Å²) in [6.07, 6.45) is -0.569. The molecule has 0 aliphatic heterocycles. The molecule has 0 fully saturated rings. The second kappa shape index (κ2) is 6.30. The van der Waals surface area contributed by atoms with Crippen molar-refractivity contribution in [3.63, 3.8) is 0 Å². The molecule has 1 amide bonds. The number of carboxylic acid groups (broad SMARTS) is 1. The zero-order chi connectivity index (χ0) is 16.2. The zero-order valence-electron chi connectivity index (χ0n) is 12.3. The molecule has 0 atom stereocenters. The first-order valence-corrected chi connectivity index (χ1v) is 6.31. The van der Waals surface area contributed by atoms with E-state index in [4.69, 9.17) is 9.84 Å². The van der Waals surface area contributed by atoms with E-state index in [9.17, 15) is 14.7 Å². The van der Waals surface area contributed by atoms with Gasteiger partial charge in [0.1, 0.15) is 11.4 Å². The summed E-state index contributed by atoms with van der Waals surface area (Å²) in [4.78, 5) is 22.3. The van der Waals surface area contributed by atoms with Gasteiger partial charge in [0, 0.05) is 12.1 Å². The number of aromatic hydroxyl groups is 1. The van der Waals surface area contributed by atoms with Crippen LogP contribution >= 0.6 is 0 Å². The average molecular weight is 293 g/mol. The van der Waals surface area contributed by atoms with E-state index in [1.807, 2.05) is 0 Å². The van der Waals surface area contributed by atoms with Gasteiger partial charge in [-0.05, 0) is 32.4 Å². The summed E-state index contributed by atoms with van der Waals surface area (Å²) in [6.45, 7) is 8.80. The second-order valence-electron chi connectivity index (χ2n) is 5.49. The van der Waals surface area contributed by atoms with Crippen molar-refractivity contribution in [2.75, 3.05) is 0 Å². The Hall–Kier alpha value is -2.50. The highest BCUT2D eigenvalue weighted by Crippen LogP contribution is 2.25. The molecule has 0 radical (unpaired) electrons. The number of aliphatic carboxylic acids is 1. The smallest absolute Gasteiger partial charge is 0.407 e. The van der Waals surface area contributed by atoms with E-state index in [1.165, 1.54) is 12.1 Å². The van der Waals surface area contributed by atoms with Gasteiger partial charge in [-0.2, -0.15) is 0 Å². The van der Waals surface area contributed by atoms with Gasteiger partial charge in [0.2, 0.25) is 0 Å². The topological polar surface area (TPSA) is 95.9 Å². The standard InChI is InChI=1S/C15H19NO5/c1-9(13(18)19)11-6-5-10(7-12(11)17)8-16-14(20)21-15(2,3)4/h5-7,17H,1,8H2,2-4H3,(H,16,20)(H,18,19). The molecule has 1 rings (SSSR count). The summed E-state index contributed by atoms with van der Waals surface area (Å²) in [5, 5.41) is 21.2. The van der Waals surface area contributed by atoms with Crippen LogP contribution in [0.4, 0.5) is 4.79 Å². The monoisotopic (exact) mass is 293 g/mol. The molecule has 0 heterocycles. The maximum absolute atomic E-state index is 11.5. The number of carbonyl (C=O) groups excluding carboxylic acids is 1. The normalized spacial score (nSPS) is 10.8. The van der Waals surface area contributed by atoms with Gasteiger partial charge in [0.15, 0.2) is 0 Å². The van der Waals surface area contributed by atoms with Crippen molar-refractivity contribution in [3.8, 4) is 5.75 Å². The molecule has 0 saturated heterocycles. The third-order valence-electron chi connectivity index (χ3n) is 2.48. The van der Waals surface area contributed by atoms with Crippen LogP contribution in [0.1, 0.15) is 31.9 Å². The molecule has 114 valence electrons. The molecule has 0 spiro atoms. The number of amides is 1. The number of hydrogen-bond donors (Lipinski definition) is 3. The fourth-order valence-electron chi connectivity index (χ4n) is 1.55. The molecule has 0 unspecified atom stereocenters. The van der Waals surface area contributed by atoms with Crippen molar-refractivity contribution in [3.05, 3.63) is 35.9 Å². The predicted octanol–water partition coefficient (Wildman–Crippen LogP) is 2.51. The van der Waals surface area contributed by atoms with Crippen molar-refractivity contribution < 1.29 is 24.5 Å². The Morgan fingerprint density at radius 2 is 1.95 bits per heavy atom. The fraction of sp³-hybridized carbons (Fsp3) is 0.333. The summed E-state index contributed by atoms with van der Waals surface area (Å²) in [5.41, 5.74) is -0.0297. The van der Waals surface area contributed by atoms with Gasteiger partial charge >= 0.3 is 12.1 Å². The van der Waals surface area contributed by atoms with E-state index < -0.39 is 17.7 Å². The molecule has 6 heteroatoms. The SMILES string of the molecule is C=C(C(=O)O)c1ccc(CNC(=O)OC(C)(C)C)cc1O. The van der Waals surface area contributed by atoms with E-state index in [2.05, 4.69) is 11.9 Å². The summed E-state index contributed by atoms with van der Waals surface area (Å²) < 4.78 is 5.08. The maximum atomic E-state index is 11.5. The van der Waals surface area contributed by atoms with E-state index in [0.717, 1.165) is 0 Å². The van der Waals surface area contributed by atoms with E-state index >= 15 is 0 Å². The van der Waals surface area contributed by atoms with Crippen LogP contribution in [0.2, 0.25) is 0 Å². The first-order valence-electron chi connectivity index (χ1n) is 6.31. The third-order valence-corrected chi connectivity index (χ3v) is 2.48. The number of phenolic OH excluding ortho intramolecular Hbond substituents is 1. The minimum absolute atomic E-state index is 0.142. The first kappa shape index (κ1) is 16.6. The summed E-state index contributed by atoms with van der Waals surface area (Å²) in [6, 6.07) is 4.42. The van der Waals surface area contributed by atoms with Crippen LogP contribution in [0.25, 0.3) is 5.57 Å². The van der Waals surface area contributed by atoms with Gasteiger partial charge in [-0.3, -0.25) is 0 Å². The number of carbonyl (C=O) groups is 2. The number of phenols is 1. The van der Waals surface area contributed by atoms with Crippen LogP contribution in [0.15, 0.2) is 24.8 Å². The van der Waals surface area contributed by atoms with Gasteiger partial charge in [-0.1, -0.05) is 18.7 Å². The van der Waals surface area contributed by atoms with Crippen molar-refractivity contribution >= 4 is 17.6 Å². The van der Waals surface area contributed by atoms with Crippen molar-refractivity contribution in [2.24, 2.45) is 0 Å². The van der Waals surface area contributed by atoms with Crippen molar-refractivity contribution in [1.29, 1.82) is 0 Å². The quantitative estimate of drug-likeness (QED) is 0.741. The van der Waals surface area contributed by atoms with Gasteiger partial charge in [0.25, 0.3) is 0 Å². The van der Waals surface area contributed by atoms with Crippen LogP contribution in [-0.4, -0.2) is 27.9 Å². The lowest BCUT2D eigenvalue weighted by Gasteiger charge is -2.19. The summed E-state index contributed by atoms with van der Waals surface area (Å²) >= 11 is 0. The molecule has 21 heavy (non-hydrogen) atoms. The number of benzene rings is 1. The molecule has 0 aliphatic rings. The minimum Gasteiger partial charge on any atom is -0.507 e. The molecular weight excluding hydrogens is 274 g/mol. The van der Waals surface area contributed by atoms with Crippen LogP contribution in [0.3, 0.4) is 0 Å². The molecule has 1 aromatic rings. The Morgan fingerprint density at radius 3 is 2.43 bits per heavy atom. The fourth-order valence-corrected chi connectivity index (χ4v) is 1.55. The molecular formula is C15H19NO5. The Morgan fingerprint density at radius 1 is 1.33 bits per heavy atom. The number of nitrogens with one attached hydrogen (secondary N) is 1.